The molecule has 0 bridgehead atoms. The van der Waals surface area contributed by atoms with Crippen LogP contribution in [0.4, 0.5) is 5.69 Å². The molecule has 0 unspecified atom stereocenters. The molecule has 1 fully saturated rings. The quantitative estimate of drug-likeness (QED) is 0.844. The second-order valence-corrected chi connectivity index (χ2v) is 5.57. The summed E-state index contributed by atoms with van der Waals surface area (Å²) in [6.45, 7) is 0. The van der Waals surface area contributed by atoms with Crippen molar-refractivity contribution >= 4 is 17.5 Å². The maximum atomic E-state index is 12.4. The van der Waals surface area contributed by atoms with E-state index in [4.69, 9.17) is 19.6 Å². The van der Waals surface area contributed by atoms with E-state index in [2.05, 4.69) is 5.32 Å². The second kappa shape index (κ2) is 6.27. The van der Waals surface area contributed by atoms with Crippen LogP contribution < -0.4 is 20.5 Å². The smallest absolute Gasteiger partial charge is 0.250 e. The van der Waals surface area contributed by atoms with Crippen molar-refractivity contribution in [2.45, 2.75) is 12.3 Å². The zero-order valence-corrected chi connectivity index (χ0v) is 13.4. The number of nitrogens with two attached hydrogens (primary N) is 1. The Morgan fingerprint density at radius 3 is 2.54 bits per heavy atom. The number of benzene rings is 1. The average molecular weight is 330 g/mol. The van der Waals surface area contributed by atoms with Crippen LogP contribution in [0.5, 0.6) is 11.5 Å². The number of methoxy groups -OCH3 is 2. The third-order valence-electron chi connectivity index (χ3n) is 4.08. The zero-order chi connectivity index (χ0) is 17.3. The molecule has 1 aliphatic rings. The summed E-state index contributed by atoms with van der Waals surface area (Å²) in [5, 5.41) is 2.75. The fourth-order valence-electron chi connectivity index (χ4n) is 2.71. The Morgan fingerprint density at radius 2 is 1.96 bits per heavy atom. The minimum atomic E-state index is -0.662. The SMILES string of the molecule is COc1cc(NC(=O)[C@H]2C[C@@H]2c2ccco2)c(C(N)=O)cc1OC. The van der Waals surface area contributed by atoms with E-state index >= 15 is 0 Å². The van der Waals surface area contributed by atoms with Gasteiger partial charge >= 0.3 is 0 Å². The Hall–Kier alpha value is -2.96. The molecule has 1 aliphatic carbocycles. The summed E-state index contributed by atoms with van der Waals surface area (Å²) in [5.74, 6) is 0.579. The Balaban J connectivity index is 1.81. The molecule has 1 saturated carbocycles. The number of amides is 2. The van der Waals surface area contributed by atoms with Gasteiger partial charge in [0.25, 0.3) is 5.91 Å². The minimum absolute atomic E-state index is 0.0668. The number of nitrogens with one attached hydrogen (secondary N) is 1. The lowest BCUT2D eigenvalue weighted by Crippen LogP contribution is -2.20. The molecule has 2 atom stereocenters. The lowest BCUT2D eigenvalue weighted by molar-refractivity contribution is -0.117. The van der Waals surface area contributed by atoms with Crippen molar-refractivity contribution in [2.24, 2.45) is 11.7 Å². The van der Waals surface area contributed by atoms with Gasteiger partial charge in [-0.15, -0.1) is 0 Å². The van der Waals surface area contributed by atoms with Crippen molar-refractivity contribution in [3.8, 4) is 11.5 Å². The third-order valence-corrected chi connectivity index (χ3v) is 4.08. The minimum Gasteiger partial charge on any atom is -0.493 e. The molecule has 24 heavy (non-hydrogen) atoms. The number of anilines is 1. The van der Waals surface area contributed by atoms with Gasteiger partial charge in [-0.1, -0.05) is 0 Å². The molecule has 0 saturated heterocycles. The van der Waals surface area contributed by atoms with Crippen LogP contribution in [-0.4, -0.2) is 26.0 Å². The molecule has 0 spiro atoms. The van der Waals surface area contributed by atoms with E-state index in [9.17, 15) is 9.59 Å². The second-order valence-electron chi connectivity index (χ2n) is 5.57. The van der Waals surface area contributed by atoms with E-state index in [1.165, 1.54) is 26.4 Å². The molecule has 7 heteroatoms. The average Bonchev–Trinajstić information content (AvgIpc) is 3.19. The standard InChI is InChI=1S/C17H18N2O5/c1-22-14-7-11(16(18)20)12(8-15(14)23-2)19-17(21)10-6-9(10)13-4-3-5-24-13/h3-5,7-10H,6H2,1-2H3,(H2,18,20)(H,19,21)/t9-,10-/m0/s1. The first-order valence-corrected chi connectivity index (χ1v) is 7.45. The highest BCUT2D eigenvalue weighted by Gasteiger charge is 2.46. The lowest BCUT2D eigenvalue weighted by atomic mass is 10.1. The molecule has 0 radical (unpaired) electrons. The molecule has 1 heterocycles. The van der Waals surface area contributed by atoms with Crippen molar-refractivity contribution in [3.05, 3.63) is 41.9 Å². The fraction of sp³-hybridized carbons (Fsp3) is 0.294. The number of hydrogen-bond acceptors (Lipinski definition) is 5. The topological polar surface area (TPSA) is 104 Å². The lowest BCUT2D eigenvalue weighted by Gasteiger charge is -2.14. The molecular weight excluding hydrogens is 312 g/mol. The number of rotatable bonds is 6. The zero-order valence-electron chi connectivity index (χ0n) is 13.4. The van der Waals surface area contributed by atoms with Gasteiger partial charge in [0.05, 0.1) is 31.7 Å². The highest BCUT2D eigenvalue weighted by molar-refractivity contribution is 6.05. The molecule has 7 nitrogen and oxygen atoms in total. The summed E-state index contributed by atoms with van der Waals surface area (Å²) in [7, 11) is 2.93. The normalized spacial score (nSPS) is 18.8. The van der Waals surface area contributed by atoms with Crippen LogP contribution in [0.3, 0.4) is 0 Å². The van der Waals surface area contributed by atoms with Gasteiger partial charge in [0.15, 0.2) is 11.5 Å². The number of hydrogen-bond donors (Lipinski definition) is 2. The van der Waals surface area contributed by atoms with Gasteiger partial charge < -0.3 is 24.9 Å². The fourth-order valence-corrected chi connectivity index (χ4v) is 2.71. The highest BCUT2D eigenvalue weighted by Crippen LogP contribution is 2.48. The van der Waals surface area contributed by atoms with Gasteiger partial charge in [0.1, 0.15) is 5.76 Å². The van der Waals surface area contributed by atoms with Gasteiger partial charge in [0, 0.05) is 17.9 Å². The molecule has 1 aromatic heterocycles. The highest BCUT2D eigenvalue weighted by atomic mass is 16.5. The Kier molecular flexibility index (Phi) is 4.16. The van der Waals surface area contributed by atoms with E-state index < -0.39 is 5.91 Å². The van der Waals surface area contributed by atoms with Crippen LogP contribution in [-0.2, 0) is 4.79 Å². The predicted octanol–water partition coefficient (Wildman–Crippen LogP) is 2.14. The van der Waals surface area contributed by atoms with Crippen molar-refractivity contribution in [1.29, 1.82) is 0 Å². The first-order valence-electron chi connectivity index (χ1n) is 7.45. The van der Waals surface area contributed by atoms with Crippen LogP contribution in [0.15, 0.2) is 34.9 Å². The summed E-state index contributed by atoms with van der Waals surface area (Å²) in [6, 6.07) is 6.63. The molecule has 1 aromatic carbocycles. The molecule has 3 rings (SSSR count). The van der Waals surface area contributed by atoms with Gasteiger partial charge in [-0.25, -0.2) is 0 Å². The van der Waals surface area contributed by atoms with Crippen molar-refractivity contribution in [3.63, 3.8) is 0 Å². The molecular formula is C17H18N2O5. The maximum Gasteiger partial charge on any atom is 0.250 e. The molecule has 2 aromatic rings. The summed E-state index contributed by atoms with van der Waals surface area (Å²) in [4.78, 5) is 24.1. The summed E-state index contributed by atoms with van der Waals surface area (Å²) < 4.78 is 15.7. The van der Waals surface area contributed by atoms with E-state index in [1.54, 1.807) is 12.3 Å². The van der Waals surface area contributed by atoms with Crippen molar-refractivity contribution < 1.29 is 23.5 Å². The van der Waals surface area contributed by atoms with Crippen molar-refractivity contribution in [2.75, 3.05) is 19.5 Å². The Bertz CT molecular complexity index is 770. The van der Waals surface area contributed by atoms with Crippen LogP contribution in [0, 0.1) is 5.92 Å². The van der Waals surface area contributed by atoms with E-state index in [-0.39, 0.29) is 23.3 Å². The predicted molar refractivity (Wildman–Crippen MR) is 86.2 cm³/mol. The molecule has 0 aliphatic heterocycles. The largest absolute Gasteiger partial charge is 0.493 e. The van der Waals surface area contributed by atoms with Crippen LogP contribution in [0.2, 0.25) is 0 Å². The molecule has 2 amide bonds. The molecule has 3 N–H and O–H groups in total. The van der Waals surface area contributed by atoms with Gasteiger partial charge in [-0.3, -0.25) is 9.59 Å². The van der Waals surface area contributed by atoms with E-state index in [0.717, 1.165) is 5.76 Å². The monoisotopic (exact) mass is 330 g/mol. The van der Waals surface area contributed by atoms with Crippen LogP contribution >= 0.6 is 0 Å². The number of carbonyl (C=O) groups excluding carboxylic acids is 2. The van der Waals surface area contributed by atoms with Crippen LogP contribution in [0.1, 0.15) is 28.5 Å². The van der Waals surface area contributed by atoms with E-state index in [1.807, 2.05) is 6.07 Å². The molecule has 126 valence electrons. The number of furan rings is 1. The summed E-state index contributed by atoms with van der Waals surface area (Å²) >= 11 is 0. The van der Waals surface area contributed by atoms with E-state index in [0.29, 0.717) is 23.6 Å². The first-order chi connectivity index (χ1) is 11.5. The number of carbonyl (C=O) groups is 2. The Morgan fingerprint density at radius 1 is 1.25 bits per heavy atom. The number of primary amides is 1. The maximum absolute atomic E-state index is 12.4. The number of ether oxygens (including phenoxy) is 2. The third kappa shape index (κ3) is 2.92. The van der Waals surface area contributed by atoms with Gasteiger partial charge in [-0.05, 0) is 24.6 Å². The Labute approximate surface area is 138 Å². The van der Waals surface area contributed by atoms with Gasteiger partial charge in [-0.2, -0.15) is 0 Å². The van der Waals surface area contributed by atoms with Gasteiger partial charge in [0.2, 0.25) is 5.91 Å². The summed E-state index contributed by atoms with van der Waals surface area (Å²) in [5.41, 5.74) is 5.86. The van der Waals surface area contributed by atoms with Crippen LogP contribution in [0.25, 0.3) is 0 Å². The van der Waals surface area contributed by atoms with Crippen molar-refractivity contribution in [1.82, 2.24) is 0 Å². The first kappa shape index (κ1) is 15.9. The summed E-state index contributed by atoms with van der Waals surface area (Å²) in [6.07, 6.45) is 2.29.